The number of nitro groups is 1. The second kappa shape index (κ2) is 5.16. The molecule has 7 nitrogen and oxygen atoms in total. The van der Waals surface area contributed by atoms with Gasteiger partial charge in [0.2, 0.25) is 11.8 Å². The number of amides is 2. The van der Waals surface area contributed by atoms with E-state index in [0.29, 0.717) is 13.0 Å². The number of carbonyl (C=O) groups is 2. The molecular formula is C14H15N3O4. The molecule has 0 radical (unpaired) electrons. The summed E-state index contributed by atoms with van der Waals surface area (Å²) >= 11 is 0. The van der Waals surface area contributed by atoms with E-state index >= 15 is 0 Å². The van der Waals surface area contributed by atoms with E-state index in [9.17, 15) is 19.7 Å². The highest BCUT2D eigenvalue weighted by molar-refractivity contribution is 5.97. The number of fused-ring (bicyclic) bond motifs is 1. The lowest BCUT2D eigenvalue weighted by atomic mass is 10.0. The SMILES string of the molecule is O=C1N[C@@H](Cc2ccc([N+](=O)[O-])cc2)C(=O)N2CCC[C@@H]12. The maximum absolute atomic E-state index is 12.3. The van der Waals surface area contributed by atoms with Gasteiger partial charge in [-0.05, 0) is 18.4 Å². The zero-order valence-corrected chi connectivity index (χ0v) is 11.3. The molecule has 0 aliphatic carbocycles. The standard InChI is InChI=1S/C14H15N3O4/c18-13-12-2-1-7-16(12)14(19)11(15-13)8-9-3-5-10(6-4-9)17(20)21/h3-6,11-12H,1-2,7-8H2,(H,15,18)/t11-,12-/m0/s1. The van der Waals surface area contributed by atoms with Gasteiger partial charge < -0.3 is 10.2 Å². The first-order chi connectivity index (χ1) is 10.1. The van der Waals surface area contributed by atoms with Gasteiger partial charge in [-0.3, -0.25) is 19.7 Å². The summed E-state index contributed by atoms with van der Waals surface area (Å²) in [7, 11) is 0. The van der Waals surface area contributed by atoms with Gasteiger partial charge >= 0.3 is 0 Å². The molecule has 21 heavy (non-hydrogen) atoms. The molecule has 0 spiro atoms. The molecule has 7 heteroatoms. The Morgan fingerprint density at radius 3 is 2.67 bits per heavy atom. The van der Waals surface area contributed by atoms with Crippen LogP contribution in [0.5, 0.6) is 0 Å². The van der Waals surface area contributed by atoms with Crippen LogP contribution in [0.4, 0.5) is 5.69 Å². The lowest BCUT2D eigenvalue weighted by Crippen LogP contribution is -2.61. The number of carbonyl (C=O) groups excluding carboxylic acids is 2. The molecule has 0 saturated carbocycles. The van der Waals surface area contributed by atoms with Crippen molar-refractivity contribution in [2.24, 2.45) is 0 Å². The van der Waals surface area contributed by atoms with Crippen LogP contribution in [0.15, 0.2) is 24.3 Å². The van der Waals surface area contributed by atoms with E-state index in [-0.39, 0.29) is 23.5 Å². The molecule has 2 atom stereocenters. The van der Waals surface area contributed by atoms with E-state index in [1.165, 1.54) is 12.1 Å². The summed E-state index contributed by atoms with van der Waals surface area (Å²) in [5, 5.41) is 13.4. The molecule has 1 aromatic carbocycles. The highest BCUT2D eigenvalue weighted by Crippen LogP contribution is 2.23. The quantitative estimate of drug-likeness (QED) is 0.652. The summed E-state index contributed by atoms with van der Waals surface area (Å²) in [6, 6.07) is 5.16. The molecule has 1 N–H and O–H groups in total. The van der Waals surface area contributed by atoms with Crippen molar-refractivity contribution in [3.63, 3.8) is 0 Å². The van der Waals surface area contributed by atoms with Gasteiger partial charge in [0.15, 0.2) is 0 Å². The van der Waals surface area contributed by atoms with Crippen LogP contribution < -0.4 is 5.32 Å². The van der Waals surface area contributed by atoms with Crippen molar-refractivity contribution >= 4 is 17.5 Å². The number of nitrogens with zero attached hydrogens (tertiary/aromatic N) is 2. The lowest BCUT2D eigenvalue weighted by molar-refractivity contribution is -0.384. The fraction of sp³-hybridized carbons (Fsp3) is 0.429. The molecule has 0 aromatic heterocycles. The first kappa shape index (κ1) is 13.5. The van der Waals surface area contributed by atoms with Gasteiger partial charge in [-0.15, -0.1) is 0 Å². The third kappa shape index (κ3) is 2.46. The van der Waals surface area contributed by atoms with Crippen LogP contribution in [-0.2, 0) is 16.0 Å². The zero-order valence-electron chi connectivity index (χ0n) is 11.3. The second-order valence-electron chi connectivity index (χ2n) is 5.38. The Morgan fingerprint density at radius 1 is 1.29 bits per heavy atom. The van der Waals surface area contributed by atoms with Crippen molar-refractivity contribution in [2.45, 2.75) is 31.3 Å². The Hall–Kier alpha value is -2.44. The van der Waals surface area contributed by atoms with Crippen LogP contribution in [0, 0.1) is 10.1 Å². The van der Waals surface area contributed by atoms with Crippen LogP contribution in [0.3, 0.4) is 0 Å². The third-order valence-corrected chi connectivity index (χ3v) is 4.04. The molecule has 110 valence electrons. The number of piperazine rings is 1. The molecule has 0 bridgehead atoms. The number of nitro benzene ring substituents is 1. The minimum atomic E-state index is -0.576. The molecule has 2 fully saturated rings. The van der Waals surface area contributed by atoms with E-state index in [0.717, 1.165) is 18.4 Å². The average molecular weight is 289 g/mol. The second-order valence-corrected chi connectivity index (χ2v) is 5.38. The first-order valence-corrected chi connectivity index (χ1v) is 6.90. The fourth-order valence-corrected chi connectivity index (χ4v) is 2.96. The van der Waals surface area contributed by atoms with Crippen molar-refractivity contribution in [2.75, 3.05) is 6.54 Å². The largest absolute Gasteiger partial charge is 0.342 e. The van der Waals surface area contributed by atoms with Crippen LogP contribution >= 0.6 is 0 Å². The molecule has 2 heterocycles. The molecule has 2 saturated heterocycles. The molecule has 2 aliphatic heterocycles. The van der Waals surface area contributed by atoms with Crippen LogP contribution in [0.25, 0.3) is 0 Å². The predicted octanol–water partition coefficient (Wildman–Crippen LogP) is 0.627. The van der Waals surface area contributed by atoms with Crippen LogP contribution in [0.2, 0.25) is 0 Å². The number of benzene rings is 1. The summed E-state index contributed by atoms with van der Waals surface area (Å²) in [4.78, 5) is 36.1. The van der Waals surface area contributed by atoms with Crippen molar-refractivity contribution in [1.82, 2.24) is 10.2 Å². The number of non-ortho nitro benzene ring substituents is 1. The van der Waals surface area contributed by atoms with Gasteiger partial charge in [-0.2, -0.15) is 0 Å². The van der Waals surface area contributed by atoms with E-state index < -0.39 is 11.0 Å². The van der Waals surface area contributed by atoms with E-state index in [1.807, 2.05) is 0 Å². The Morgan fingerprint density at radius 2 is 2.00 bits per heavy atom. The summed E-state index contributed by atoms with van der Waals surface area (Å²) < 4.78 is 0. The van der Waals surface area contributed by atoms with Gasteiger partial charge in [-0.1, -0.05) is 12.1 Å². The lowest BCUT2D eigenvalue weighted by Gasteiger charge is -2.34. The fourth-order valence-electron chi connectivity index (χ4n) is 2.96. The van der Waals surface area contributed by atoms with Crippen LogP contribution in [-0.4, -0.2) is 40.3 Å². The molecule has 0 unspecified atom stereocenters. The van der Waals surface area contributed by atoms with E-state index in [2.05, 4.69) is 5.32 Å². The summed E-state index contributed by atoms with van der Waals surface area (Å²) in [6.45, 7) is 0.633. The topological polar surface area (TPSA) is 92.5 Å². The van der Waals surface area contributed by atoms with Crippen molar-refractivity contribution in [3.05, 3.63) is 39.9 Å². The van der Waals surface area contributed by atoms with E-state index in [4.69, 9.17) is 0 Å². The normalized spacial score (nSPS) is 24.7. The Balaban J connectivity index is 1.73. The van der Waals surface area contributed by atoms with Gasteiger partial charge in [0.25, 0.3) is 5.69 Å². The van der Waals surface area contributed by atoms with Gasteiger partial charge in [0.1, 0.15) is 12.1 Å². The highest BCUT2D eigenvalue weighted by atomic mass is 16.6. The van der Waals surface area contributed by atoms with Crippen molar-refractivity contribution in [3.8, 4) is 0 Å². The molecule has 2 aliphatic rings. The third-order valence-electron chi connectivity index (χ3n) is 4.04. The minimum absolute atomic E-state index is 0.0114. The zero-order chi connectivity index (χ0) is 15.0. The first-order valence-electron chi connectivity index (χ1n) is 6.90. The van der Waals surface area contributed by atoms with Gasteiger partial charge in [0, 0.05) is 25.1 Å². The minimum Gasteiger partial charge on any atom is -0.342 e. The molecular weight excluding hydrogens is 274 g/mol. The smallest absolute Gasteiger partial charge is 0.269 e. The number of rotatable bonds is 3. The summed E-state index contributed by atoms with van der Waals surface area (Å²) in [5.74, 6) is -0.158. The van der Waals surface area contributed by atoms with Gasteiger partial charge in [0.05, 0.1) is 4.92 Å². The van der Waals surface area contributed by atoms with Gasteiger partial charge in [-0.25, -0.2) is 0 Å². The van der Waals surface area contributed by atoms with Crippen molar-refractivity contribution < 1.29 is 14.5 Å². The number of hydrogen-bond donors (Lipinski definition) is 1. The predicted molar refractivity (Wildman–Crippen MR) is 73.5 cm³/mol. The maximum Gasteiger partial charge on any atom is 0.269 e. The summed E-state index contributed by atoms with van der Waals surface area (Å²) in [5.41, 5.74) is 0.800. The van der Waals surface area contributed by atoms with Crippen LogP contribution in [0.1, 0.15) is 18.4 Å². The van der Waals surface area contributed by atoms with Crippen molar-refractivity contribution in [1.29, 1.82) is 0 Å². The Kier molecular flexibility index (Phi) is 3.32. The number of hydrogen-bond acceptors (Lipinski definition) is 4. The molecule has 3 rings (SSSR count). The number of nitrogens with one attached hydrogen (secondary N) is 1. The summed E-state index contributed by atoms with van der Waals surface area (Å²) in [6.07, 6.45) is 1.93. The monoisotopic (exact) mass is 289 g/mol. The van der Waals surface area contributed by atoms with E-state index in [1.54, 1.807) is 17.0 Å². The molecule has 2 amide bonds. The Labute approximate surface area is 121 Å². The highest BCUT2D eigenvalue weighted by Gasteiger charge is 2.42. The molecule has 1 aromatic rings. The average Bonchev–Trinajstić information content (AvgIpc) is 2.95. The maximum atomic E-state index is 12.3. The Bertz CT molecular complexity index is 599.